The highest BCUT2D eigenvalue weighted by Crippen LogP contribution is 2.31. The monoisotopic (exact) mass is 322 g/mol. The fraction of sp³-hybridized carbons (Fsp3) is 0.200. The number of carbonyl (C=O) groups excluding carboxylic acids is 1. The van der Waals surface area contributed by atoms with Gasteiger partial charge in [0.1, 0.15) is 17.3 Å². The van der Waals surface area contributed by atoms with Gasteiger partial charge in [0.25, 0.3) is 0 Å². The highest BCUT2D eigenvalue weighted by molar-refractivity contribution is 6.32. The number of nitrogens with one attached hydrogen (secondary N) is 1. The lowest BCUT2D eigenvalue weighted by atomic mass is 10.2. The number of halogens is 1. The molecule has 1 heterocycles. The van der Waals surface area contributed by atoms with E-state index < -0.39 is 5.91 Å². The van der Waals surface area contributed by atoms with Crippen LogP contribution in [0.15, 0.2) is 33.8 Å². The first-order valence-corrected chi connectivity index (χ1v) is 6.74. The summed E-state index contributed by atoms with van der Waals surface area (Å²) in [6, 6.07) is 6.54. The van der Waals surface area contributed by atoms with E-state index in [0.717, 1.165) is 0 Å². The average molecular weight is 323 g/mol. The predicted molar refractivity (Wildman–Crippen MR) is 83.1 cm³/mol. The zero-order valence-corrected chi connectivity index (χ0v) is 13.1. The topological polar surface area (TPSA) is 73.1 Å². The maximum Gasteiger partial charge on any atom is 0.307 e. The lowest BCUT2D eigenvalue weighted by molar-refractivity contribution is 0.0926. The minimum absolute atomic E-state index is 0.189. The third-order valence-electron chi connectivity index (χ3n) is 2.84. The van der Waals surface area contributed by atoms with Gasteiger partial charge >= 0.3 is 5.91 Å². The van der Waals surface area contributed by atoms with Gasteiger partial charge in [0.05, 0.1) is 25.5 Å². The van der Waals surface area contributed by atoms with Crippen molar-refractivity contribution in [3.05, 3.63) is 46.4 Å². The van der Waals surface area contributed by atoms with E-state index in [-0.39, 0.29) is 5.76 Å². The predicted octanol–water partition coefficient (Wildman–Crippen LogP) is 3.02. The van der Waals surface area contributed by atoms with Crippen molar-refractivity contribution in [3.8, 4) is 11.5 Å². The first-order chi connectivity index (χ1) is 10.5. The molecule has 0 bridgehead atoms. The van der Waals surface area contributed by atoms with Crippen molar-refractivity contribution in [2.24, 2.45) is 5.10 Å². The van der Waals surface area contributed by atoms with Gasteiger partial charge in [-0.3, -0.25) is 4.79 Å². The molecular formula is C15H15ClN2O4. The molecule has 0 radical (unpaired) electrons. The zero-order valence-electron chi connectivity index (χ0n) is 12.3. The number of nitrogens with zero attached hydrogens (tertiary/aromatic N) is 1. The van der Waals surface area contributed by atoms with Crippen LogP contribution >= 0.6 is 11.6 Å². The smallest absolute Gasteiger partial charge is 0.307 e. The van der Waals surface area contributed by atoms with Crippen LogP contribution in [0.2, 0.25) is 5.02 Å². The number of rotatable bonds is 5. The first-order valence-electron chi connectivity index (χ1n) is 6.36. The summed E-state index contributed by atoms with van der Waals surface area (Å²) in [6.07, 6.45) is 1.43. The first kappa shape index (κ1) is 15.9. The molecule has 0 aliphatic carbocycles. The Morgan fingerprint density at radius 3 is 2.59 bits per heavy atom. The summed E-state index contributed by atoms with van der Waals surface area (Å²) in [7, 11) is 3.03. The molecule has 0 aliphatic rings. The van der Waals surface area contributed by atoms with Crippen LogP contribution in [-0.4, -0.2) is 26.3 Å². The Bertz CT molecular complexity index is 710. The molecule has 22 heavy (non-hydrogen) atoms. The second-order valence-corrected chi connectivity index (χ2v) is 4.75. The largest absolute Gasteiger partial charge is 0.496 e. The van der Waals surface area contributed by atoms with Crippen LogP contribution in [-0.2, 0) is 0 Å². The molecular weight excluding hydrogens is 308 g/mol. The van der Waals surface area contributed by atoms with Crippen molar-refractivity contribution in [1.29, 1.82) is 0 Å². The molecule has 1 N–H and O–H groups in total. The summed E-state index contributed by atoms with van der Waals surface area (Å²) < 4.78 is 15.5. The van der Waals surface area contributed by atoms with Crippen LogP contribution in [0.1, 0.15) is 21.9 Å². The normalized spacial score (nSPS) is 10.7. The second kappa shape index (κ2) is 7.00. The third kappa shape index (κ3) is 3.59. The van der Waals surface area contributed by atoms with E-state index in [2.05, 4.69) is 10.5 Å². The van der Waals surface area contributed by atoms with E-state index in [1.807, 2.05) is 0 Å². The molecule has 2 aromatic rings. The van der Waals surface area contributed by atoms with Gasteiger partial charge in [-0.05, 0) is 25.1 Å². The standard InChI is InChI=1S/C15H15ClN2O4/c1-9-4-5-12(22-9)15(19)18-17-8-10-6-11(16)14(21-3)7-13(10)20-2/h4-8H,1-3H3,(H,18,19)/b17-8-. The number of carbonyl (C=O) groups is 1. The lowest BCUT2D eigenvalue weighted by Gasteiger charge is -2.09. The molecule has 1 aromatic carbocycles. The van der Waals surface area contributed by atoms with E-state index in [1.165, 1.54) is 20.4 Å². The van der Waals surface area contributed by atoms with Gasteiger partial charge in [-0.2, -0.15) is 5.10 Å². The fourth-order valence-electron chi connectivity index (χ4n) is 1.76. The SMILES string of the molecule is COc1cc(OC)c(/C=N\NC(=O)c2ccc(C)o2)cc1Cl. The van der Waals surface area contributed by atoms with Crippen LogP contribution in [0.4, 0.5) is 0 Å². The molecule has 0 fully saturated rings. The number of benzene rings is 1. The number of hydrogen-bond donors (Lipinski definition) is 1. The number of methoxy groups -OCH3 is 2. The minimum Gasteiger partial charge on any atom is -0.496 e. The van der Waals surface area contributed by atoms with Gasteiger partial charge in [-0.1, -0.05) is 11.6 Å². The van der Waals surface area contributed by atoms with Crippen molar-refractivity contribution in [2.45, 2.75) is 6.92 Å². The van der Waals surface area contributed by atoms with Crippen molar-refractivity contribution in [2.75, 3.05) is 14.2 Å². The number of furan rings is 1. The van der Waals surface area contributed by atoms with Crippen molar-refractivity contribution in [3.63, 3.8) is 0 Å². The van der Waals surface area contributed by atoms with Gasteiger partial charge in [0.15, 0.2) is 5.76 Å². The van der Waals surface area contributed by atoms with Gasteiger partial charge in [-0.15, -0.1) is 0 Å². The molecule has 1 amide bonds. The zero-order chi connectivity index (χ0) is 16.1. The van der Waals surface area contributed by atoms with Crippen molar-refractivity contribution < 1.29 is 18.7 Å². The Morgan fingerprint density at radius 2 is 2.00 bits per heavy atom. The van der Waals surface area contributed by atoms with Crippen molar-refractivity contribution in [1.82, 2.24) is 5.43 Å². The maximum atomic E-state index is 11.8. The third-order valence-corrected chi connectivity index (χ3v) is 3.13. The second-order valence-electron chi connectivity index (χ2n) is 4.34. The molecule has 0 aliphatic heterocycles. The molecule has 0 saturated carbocycles. The summed E-state index contributed by atoms with van der Waals surface area (Å²) in [6.45, 7) is 1.75. The molecule has 0 spiro atoms. The molecule has 2 rings (SSSR count). The van der Waals surface area contributed by atoms with Gasteiger partial charge in [-0.25, -0.2) is 5.43 Å². The summed E-state index contributed by atoms with van der Waals surface area (Å²) in [5.41, 5.74) is 2.97. The van der Waals surface area contributed by atoms with Crippen LogP contribution in [0.5, 0.6) is 11.5 Å². The Labute approximate surface area is 132 Å². The summed E-state index contributed by atoms with van der Waals surface area (Å²) in [5.74, 6) is 1.41. The van der Waals surface area contributed by atoms with E-state index in [1.54, 1.807) is 31.2 Å². The Kier molecular flexibility index (Phi) is 5.06. The molecule has 0 saturated heterocycles. The van der Waals surface area contributed by atoms with Gasteiger partial charge in [0, 0.05) is 11.6 Å². The summed E-state index contributed by atoms with van der Waals surface area (Å²) >= 11 is 6.05. The molecule has 7 heteroatoms. The Morgan fingerprint density at radius 1 is 1.27 bits per heavy atom. The van der Waals surface area contributed by atoms with E-state index in [0.29, 0.717) is 27.8 Å². The van der Waals surface area contributed by atoms with Crippen molar-refractivity contribution >= 4 is 23.7 Å². The highest BCUT2D eigenvalue weighted by Gasteiger charge is 2.10. The van der Waals surface area contributed by atoms with E-state index >= 15 is 0 Å². The van der Waals surface area contributed by atoms with E-state index in [9.17, 15) is 4.79 Å². The maximum absolute atomic E-state index is 11.8. The minimum atomic E-state index is -0.442. The number of amides is 1. The number of ether oxygens (including phenoxy) is 2. The quantitative estimate of drug-likeness (QED) is 0.678. The highest BCUT2D eigenvalue weighted by atomic mass is 35.5. The molecule has 0 unspecified atom stereocenters. The van der Waals surface area contributed by atoms with Crippen LogP contribution in [0.25, 0.3) is 0 Å². The molecule has 1 aromatic heterocycles. The van der Waals surface area contributed by atoms with E-state index in [4.69, 9.17) is 25.5 Å². The summed E-state index contributed by atoms with van der Waals surface area (Å²) in [4.78, 5) is 11.8. The number of hydrogen-bond acceptors (Lipinski definition) is 5. The van der Waals surface area contributed by atoms with Gasteiger partial charge in [0.2, 0.25) is 0 Å². The van der Waals surface area contributed by atoms with Crippen LogP contribution < -0.4 is 14.9 Å². The average Bonchev–Trinajstić information content (AvgIpc) is 2.94. The summed E-state index contributed by atoms with van der Waals surface area (Å²) in [5, 5.41) is 4.28. The fourth-order valence-corrected chi connectivity index (χ4v) is 2.01. The van der Waals surface area contributed by atoms with Crippen LogP contribution in [0.3, 0.4) is 0 Å². The van der Waals surface area contributed by atoms with Gasteiger partial charge < -0.3 is 13.9 Å². The Hall–Kier alpha value is -2.47. The molecule has 116 valence electrons. The number of aryl methyl sites for hydroxylation is 1. The Balaban J connectivity index is 2.13. The molecule has 0 atom stereocenters. The number of hydrazone groups is 1. The van der Waals surface area contributed by atoms with Crippen LogP contribution in [0, 0.1) is 6.92 Å². The molecule has 6 nitrogen and oxygen atoms in total. The lowest BCUT2D eigenvalue weighted by Crippen LogP contribution is -2.16.